The average Bonchev–Trinajstić information content (AvgIpc) is 1.89. The summed E-state index contributed by atoms with van der Waals surface area (Å²) in [7, 11) is 0. The molecule has 50 valence electrons. The Morgan fingerprint density at radius 1 is 1.44 bits per heavy atom. The van der Waals surface area contributed by atoms with Gasteiger partial charge < -0.3 is 0 Å². The SMILES string of the molecule is C#CCC=CCCCC. The summed E-state index contributed by atoms with van der Waals surface area (Å²) in [4.78, 5) is 0. The first-order valence-corrected chi connectivity index (χ1v) is 3.50. The minimum Gasteiger partial charge on any atom is -0.120 e. The molecule has 0 fully saturated rings. The van der Waals surface area contributed by atoms with Crippen molar-refractivity contribution in [3.8, 4) is 12.3 Å². The summed E-state index contributed by atoms with van der Waals surface area (Å²) in [6.45, 7) is 2.19. The maximum Gasteiger partial charge on any atom is 0.0267 e. The van der Waals surface area contributed by atoms with E-state index in [0.717, 1.165) is 6.42 Å². The van der Waals surface area contributed by atoms with Crippen molar-refractivity contribution in [1.29, 1.82) is 0 Å². The second kappa shape index (κ2) is 7.30. The molecule has 0 aromatic rings. The van der Waals surface area contributed by atoms with Crippen LogP contribution in [0.5, 0.6) is 0 Å². The van der Waals surface area contributed by atoms with Crippen molar-refractivity contribution in [3.63, 3.8) is 0 Å². The zero-order valence-corrected chi connectivity index (χ0v) is 6.06. The third-order valence-corrected chi connectivity index (χ3v) is 1.13. The number of unbranched alkanes of at least 4 members (excludes halogenated alkanes) is 2. The molecule has 0 aliphatic heterocycles. The van der Waals surface area contributed by atoms with Gasteiger partial charge in [-0.3, -0.25) is 0 Å². The van der Waals surface area contributed by atoms with Crippen molar-refractivity contribution in [2.75, 3.05) is 0 Å². The van der Waals surface area contributed by atoms with Gasteiger partial charge in [0.25, 0.3) is 0 Å². The Hall–Kier alpha value is -0.700. The second-order valence-corrected chi connectivity index (χ2v) is 2.02. The first-order chi connectivity index (χ1) is 4.41. The van der Waals surface area contributed by atoms with E-state index >= 15 is 0 Å². The highest BCUT2D eigenvalue weighted by atomic mass is 13.8. The van der Waals surface area contributed by atoms with E-state index in [9.17, 15) is 0 Å². The molecule has 0 nitrogen and oxygen atoms in total. The monoisotopic (exact) mass is 122 g/mol. The predicted molar refractivity (Wildman–Crippen MR) is 42.1 cm³/mol. The summed E-state index contributed by atoms with van der Waals surface area (Å²) >= 11 is 0. The zero-order chi connectivity index (χ0) is 6.95. The lowest BCUT2D eigenvalue weighted by atomic mass is 10.2. The van der Waals surface area contributed by atoms with Crippen molar-refractivity contribution >= 4 is 0 Å². The lowest BCUT2D eigenvalue weighted by Crippen LogP contribution is -1.65. The van der Waals surface area contributed by atoms with E-state index in [0.29, 0.717) is 0 Å². The third kappa shape index (κ3) is 7.30. The number of rotatable bonds is 4. The normalized spacial score (nSPS) is 9.78. The smallest absolute Gasteiger partial charge is 0.0267 e. The van der Waals surface area contributed by atoms with E-state index in [1.54, 1.807) is 0 Å². The van der Waals surface area contributed by atoms with Crippen molar-refractivity contribution < 1.29 is 0 Å². The van der Waals surface area contributed by atoms with E-state index in [-0.39, 0.29) is 0 Å². The van der Waals surface area contributed by atoms with Gasteiger partial charge in [0, 0.05) is 6.42 Å². The fourth-order valence-electron chi connectivity index (χ4n) is 0.591. The van der Waals surface area contributed by atoms with Crippen molar-refractivity contribution in [2.45, 2.75) is 32.6 Å². The molecule has 0 heterocycles. The van der Waals surface area contributed by atoms with Crippen LogP contribution in [-0.4, -0.2) is 0 Å². The zero-order valence-electron chi connectivity index (χ0n) is 6.06. The Balaban J connectivity index is 2.97. The Labute approximate surface area is 58.0 Å². The molecule has 0 radical (unpaired) electrons. The average molecular weight is 122 g/mol. The summed E-state index contributed by atoms with van der Waals surface area (Å²) < 4.78 is 0. The van der Waals surface area contributed by atoms with E-state index in [2.05, 4.69) is 25.0 Å². The molecule has 0 aliphatic rings. The first kappa shape index (κ1) is 8.30. The van der Waals surface area contributed by atoms with Gasteiger partial charge in [0.15, 0.2) is 0 Å². The van der Waals surface area contributed by atoms with Gasteiger partial charge in [-0.05, 0) is 6.42 Å². The summed E-state index contributed by atoms with van der Waals surface area (Å²) in [5.41, 5.74) is 0. The molecule has 0 saturated heterocycles. The molecule has 0 saturated carbocycles. The molecule has 0 N–H and O–H groups in total. The molecule has 0 aromatic heterocycles. The minimum atomic E-state index is 0.781. The van der Waals surface area contributed by atoms with Crippen molar-refractivity contribution in [3.05, 3.63) is 12.2 Å². The molecule has 0 rings (SSSR count). The number of hydrogen-bond donors (Lipinski definition) is 0. The third-order valence-electron chi connectivity index (χ3n) is 1.13. The molecular formula is C9H14. The van der Waals surface area contributed by atoms with E-state index in [4.69, 9.17) is 6.42 Å². The first-order valence-electron chi connectivity index (χ1n) is 3.50. The number of terminal acetylenes is 1. The molecule has 0 aliphatic carbocycles. The Kier molecular flexibility index (Phi) is 6.73. The van der Waals surface area contributed by atoms with Crippen LogP contribution in [0.4, 0.5) is 0 Å². The lowest BCUT2D eigenvalue weighted by Gasteiger charge is -1.85. The van der Waals surface area contributed by atoms with Crippen LogP contribution in [0.15, 0.2) is 12.2 Å². The van der Waals surface area contributed by atoms with Crippen LogP contribution < -0.4 is 0 Å². The van der Waals surface area contributed by atoms with Gasteiger partial charge in [-0.25, -0.2) is 0 Å². The fourth-order valence-corrected chi connectivity index (χ4v) is 0.591. The van der Waals surface area contributed by atoms with Gasteiger partial charge in [-0.1, -0.05) is 31.9 Å². The molecule has 0 aromatic carbocycles. The van der Waals surface area contributed by atoms with Crippen LogP contribution in [0.25, 0.3) is 0 Å². The van der Waals surface area contributed by atoms with Gasteiger partial charge in [0.1, 0.15) is 0 Å². The fraction of sp³-hybridized carbons (Fsp3) is 0.556. The van der Waals surface area contributed by atoms with E-state index < -0.39 is 0 Å². The molecule has 0 heteroatoms. The molecule has 0 unspecified atom stereocenters. The van der Waals surface area contributed by atoms with Crippen LogP contribution >= 0.6 is 0 Å². The van der Waals surface area contributed by atoms with Gasteiger partial charge in [-0.2, -0.15) is 0 Å². The van der Waals surface area contributed by atoms with Crippen molar-refractivity contribution in [1.82, 2.24) is 0 Å². The largest absolute Gasteiger partial charge is 0.120 e. The molecular weight excluding hydrogens is 108 g/mol. The predicted octanol–water partition coefficient (Wildman–Crippen LogP) is 2.76. The number of hydrogen-bond acceptors (Lipinski definition) is 0. The van der Waals surface area contributed by atoms with Gasteiger partial charge >= 0.3 is 0 Å². The minimum absolute atomic E-state index is 0.781. The van der Waals surface area contributed by atoms with Gasteiger partial charge in [0.2, 0.25) is 0 Å². The number of allylic oxidation sites excluding steroid dienone is 2. The van der Waals surface area contributed by atoms with Crippen LogP contribution in [0, 0.1) is 12.3 Å². The molecule has 9 heavy (non-hydrogen) atoms. The highest BCUT2D eigenvalue weighted by Crippen LogP contribution is 1.94. The quantitative estimate of drug-likeness (QED) is 0.305. The molecule has 0 atom stereocenters. The van der Waals surface area contributed by atoms with Crippen LogP contribution in [-0.2, 0) is 0 Å². The summed E-state index contributed by atoms with van der Waals surface area (Å²) in [5, 5.41) is 0. The van der Waals surface area contributed by atoms with Crippen LogP contribution in [0.1, 0.15) is 32.6 Å². The summed E-state index contributed by atoms with van der Waals surface area (Å²) in [6, 6.07) is 0. The van der Waals surface area contributed by atoms with Crippen LogP contribution in [0.3, 0.4) is 0 Å². The summed E-state index contributed by atoms with van der Waals surface area (Å²) in [6.07, 6.45) is 13.8. The standard InChI is InChI=1S/C9H14/c1-3-5-7-9-8-6-4-2/h1,7,9H,4-6,8H2,2H3. The maximum absolute atomic E-state index is 5.04. The topological polar surface area (TPSA) is 0 Å². The highest BCUT2D eigenvalue weighted by molar-refractivity contribution is 4.95. The molecule has 0 spiro atoms. The highest BCUT2D eigenvalue weighted by Gasteiger charge is 1.75. The second-order valence-electron chi connectivity index (χ2n) is 2.02. The van der Waals surface area contributed by atoms with Crippen molar-refractivity contribution in [2.24, 2.45) is 0 Å². The van der Waals surface area contributed by atoms with Gasteiger partial charge in [-0.15, -0.1) is 12.3 Å². The lowest BCUT2D eigenvalue weighted by molar-refractivity contribution is 0.813. The van der Waals surface area contributed by atoms with Crippen LogP contribution in [0.2, 0.25) is 0 Å². The van der Waals surface area contributed by atoms with E-state index in [1.165, 1.54) is 19.3 Å². The summed E-state index contributed by atoms with van der Waals surface area (Å²) in [5.74, 6) is 2.56. The Morgan fingerprint density at radius 2 is 2.22 bits per heavy atom. The Bertz CT molecular complexity index is 104. The van der Waals surface area contributed by atoms with E-state index in [1.807, 2.05) is 0 Å². The Morgan fingerprint density at radius 3 is 2.78 bits per heavy atom. The van der Waals surface area contributed by atoms with Gasteiger partial charge in [0.05, 0.1) is 0 Å². The molecule has 0 bridgehead atoms. The maximum atomic E-state index is 5.04. The molecule has 0 amide bonds.